The number of rotatable bonds is 4. The lowest BCUT2D eigenvalue weighted by atomic mass is 10.1. The van der Waals surface area contributed by atoms with Gasteiger partial charge in [0.2, 0.25) is 0 Å². The van der Waals surface area contributed by atoms with Crippen LogP contribution in [0.1, 0.15) is 18.4 Å². The van der Waals surface area contributed by atoms with Crippen molar-refractivity contribution in [2.45, 2.75) is 30.4 Å². The molecule has 7 heteroatoms. The summed E-state index contributed by atoms with van der Waals surface area (Å²) in [7, 11) is -0.828. The first-order valence-corrected chi connectivity index (χ1v) is 9.69. The van der Waals surface area contributed by atoms with E-state index in [9.17, 15) is 8.42 Å². The largest absolute Gasteiger partial charge is 0.353 e. The van der Waals surface area contributed by atoms with Gasteiger partial charge in [-0.05, 0) is 19.1 Å². The Morgan fingerprint density at radius 3 is 2.10 bits per heavy atom. The van der Waals surface area contributed by atoms with Crippen LogP contribution in [0, 0.1) is 6.92 Å². The first-order chi connectivity index (χ1) is 9.91. The zero-order valence-electron chi connectivity index (χ0n) is 12.5. The Balaban J connectivity index is 2.15. The van der Waals surface area contributed by atoms with Crippen molar-refractivity contribution in [1.82, 2.24) is 0 Å². The van der Waals surface area contributed by atoms with Crippen LogP contribution >= 0.6 is 0 Å². The maximum atomic E-state index is 12.3. The molecule has 5 nitrogen and oxygen atoms in total. The van der Waals surface area contributed by atoms with Crippen LogP contribution in [-0.2, 0) is 30.2 Å². The molecule has 1 aliphatic heterocycles. The molecule has 0 aliphatic carbocycles. The van der Waals surface area contributed by atoms with Gasteiger partial charge >= 0.3 is 0 Å². The summed E-state index contributed by atoms with van der Waals surface area (Å²) < 4.78 is 39.5. The Kier molecular flexibility index (Phi) is 5.19. The van der Waals surface area contributed by atoms with Gasteiger partial charge in [-0.3, -0.25) is 0 Å². The van der Waals surface area contributed by atoms with Gasteiger partial charge in [-0.1, -0.05) is 28.4 Å². The maximum absolute atomic E-state index is 12.3. The zero-order chi connectivity index (χ0) is 15.5. The average molecular weight is 331 g/mol. The Morgan fingerprint density at radius 1 is 1.10 bits per heavy atom. The highest BCUT2D eigenvalue weighted by Crippen LogP contribution is 2.28. The summed E-state index contributed by atoms with van der Waals surface area (Å²) in [5, 5.41) is 0. The monoisotopic (exact) mass is 331 g/mol. The number of aryl methyl sites for hydroxylation is 1. The summed E-state index contributed by atoms with van der Waals surface area (Å²) in [4.78, 5) is 0.260. The Morgan fingerprint density at radius 2 is 1.62 bits per heavy atom. The Bertz CT molecular complexity index is 607. The minimum absolute atomic E-state index is 0.260. The molecule has 0 atom stereocenters. The van der Waals surface area contributed by atoms with Crippen LogP contribution < -0.4 is 0 Å². The molecule has 0 radical (unpaired) electrons. The summed E-state index contributed by atoms with van der Waals surface area (Å²) in [6.45, 7) is 1.92. The molecule has 1 fully saturated rings. The molecule has 0 saturated carbocycles. The van der Waals surface area contributed by atoms with Crippen molar-refractivity contribution in [3.8, 4) is 0 Å². The number of ether oxygens (including phenoxy) is 2. The topological polar surface area (TPSA) is 65.0 Å². The van der Waals surface area contributed by atoms with E-state index >= 15 is 0 Å². The Hall–Kier alpha value is -0.760. The molecule has 1 saturated heterocycles. The molecule has 1 aliphatic rings. The standard InChI is InChI=1S/C14H21NO4S2/c1-12-4-6-13(7-5-12)21(16,17)15-20-10-8-14(18-2,19-3)9-11-20/h4-7H,8-11H2,1-3H3. The van der Waals surface area contributed by atoms with Crippen LogP contribution in [-0.4, -0.2) is 39.9 Å². The van der Waals surface area contributed by atoms with Gasteiger partial charge in [0.1, 0.15) is 0 Å². The number of benzene rings is 1. The third-order valence-electron chi connectivity index (χ3n) is 3.70. The molecule has 21 heavy (non-hydrogen) atoms. The molecular formula is C14H21NO4S2. The van der Waals surface area contributed by atoms with Crippen LogP contribution in [0.4, 0.5) is 0 Å². The highest BCUT2D eigenvalue weighted by Gasteiger charge is 2.34. The van der Waals surface area contributed by atoms with E-state index in [4.69, 9.17) is 9.47 Å². The molecule has 0 amide bonds. The van der Waals surface area contributed by atoms with Crippen LogP contribution in [0.3, 0.4) is 0 Å². The van der Waals surface area contributed by atoms with Gasteiger partial charge in [0.05, 0.1) is 4.90 Å². The van der Waals surface area contributed by atoms with Crippen LogP contribution in [0.2, 0.25) is 0 Å². The van der Waals surface area contributed by atoms with Crippen LogP contribution in [0.25, 0.3) is 0 Å². The first kappa shape index (κ1) is 16.6. The van der Waals surface area contributed by atoms with Gasteiger partial charge in [0, 0.05) is 38.6 Å². The molecule has 0 spiro atoms. The van der Waals surface area contributed by atoms with E-state index in [2.05, 4.69) is 3.77 Å². The second-order valence-corrected chi connectivity index (χ2v) is 8.81. The van der Waals surface area contributed by atoms with E-state index in [1.807, 2.05) is 6.92 Å². The highest BCUT2D eigenvalue weighted by atomic mass is 32.3. The molecule has 2 rings (SSSR count). The summed E-state index contributed by atoms with van der Waals surface area (Å²) >= 11 is 0. The van der Waals surface area contributed by atoms with E-state index in [-0.39, 0.29) is 4.90 Å². The molecule has 118 valence electrons. The van der Waals surface area contributed by atoms with E-state index in [1.165, 1.54) is 0 Å². The van der Waals surface area contributed by atoms with Gasteiger partial charge in [-0.2, -0.15) is 8.42 Å². The minimum atomic E-state index is -3.57. The van der Waals surface area contributed by atoms with Crippen molar-refractivity contribution in [3.05, 3.63) is 29.8 Å². The lowest BCUT2D eigenvalue weighted by Gasteiger charge is -2.35. The number of hydrogen-bond donors (Lipinski definition) is 0. The van der Waals surface area contributed by atoms with Crippen molar-refractivity contribution in [3.63, 3.8) is 0 Å². The number of hydrogen-bond acceptors (Lipinski definition) is 4. The summed E-state index contributed by atoms with van der Waals surface area (Å²) in [5.41, 5.74) is 1.03. The quantitative estimate of drug-likeness (QED) is 0.794. The molecule has 1 aromatic carbocycles. The SMILES string of the molecule is COC1(OC)CCS(=NS(=O)(=O)c2ccc(C)cc2)CC1. The van der Waals surface area contributed by atoms with Gasteiger partial charge in [0.25, 0.3) is 10.0 Å². The van der Waals surface area contributed by atoms with E-state index in [0.717, 1.165) is 5.56 Å². The maximum Gasteiger partial charge on any atom is 0.287 e. The highest BCUT2D eigenvalue weighted by molar-refractivity contribution is 8.00. The minimum Gasteiger partial charge on any atom is -0.353 e. The molecule has 0 aromatic heterocycles. The third-order valence-corrected chi connectivity index (χ3v) is 7.55. The fraction of sp³-hybridized carbons (Fsp3) is 0.571. The Labute approximate surface area is 128 Å². The molecular weight excluding hydrogens is 310 g/mol. The van der Waals surface area contributed by atoms with Gasteiger partial charge in [0.15, 0.2) is 5.79 Å². The predicted molar refractivity (Wildman–Crippen MR) is 83.9 cm³/mol. The summed E-state index contributed by atoms with van der Waals surface area (Å²) in [5.74, 6) is 0.770. The third kappa shape index (κ3) is 3.91. The second kappa shape index (κ2) is 6.56. The fourth-order valence-electron chi connectivity index (χ4n) is 2.23. The van der Waals surface area contributed by atoms with Crippen molar-refractivity contribution in [1.29, 1.82) is 0 Å². The van der Waals surface area contributed by atoms with E-state index < -0.39 is 26.5 Å². The smallest absolute Gasteiger partial charge is 0.287 e. The lowest BCUT2D eigenvalue weighted by Crippen LogP contribution is -2.40. The molecule has 0 bridgehead atoms. The van der Waals surface area contributed by atoms with Gasteiger partial charge in [-0.25, -0.2) is 0 Å². The van der Waals surface area contributed by atoms with Crippen molar-refractivity contribution in [2.24, 2.45) is 3.77 Å². The van der Waals surface area contributed by atoms with Crippen LogP contribution in [0.15, 0.2) is 32.9 Å². The zero-order valence-corrected chi connectivity index (χ0v) is 14.2. The van der Waals surface area contributed by atoms with Crippen molar-refractivity contribution < 1.29 is 17.9 Å². The van der Waals surface area contributed by atoms with Gasteiger partial charge in [-0.15, -0.1) is 3.77 Å². The first-order valence-electron chi connectivity index (χ1n) is 6.73. The lowest BCUT2D eigenvalue weighted by molar-refractivity contribution is -0.209. The number of nitrogens with zero attached hydrogens (tertiary/aromatic N) is 1. The fourth-order valence-corrected chi connectivity index (χ4v) is 6.06. The second-order valence-electron chi connectivity index (χ2n) is 5.05. The van der Waals surface area contributed by atoms with Gasteiger partial charge < -0.3 is 9.47 Å². The van der Waals surface area contributed by atoms with Crippen molar-refractivity contribution in [2.75, 3.05) is 25.7 Å². The van der Waals surface area contributed by atoms with Crippen LogP contribution in [0.5, 0.6) is 0 Å². The number of sulfonamides is 1. The summed E-state index contributed by atoms with van der Waals surface area (Å²) in [6.07, 6.45) is 1.33. The summed E-state index contributed by atoms with van der Waals surface area (Å²) in [6, 6.07) is 6.78. The van der Waals surface area contributed by atoms with Crippen molar-refractivity contribution >= 4 is 20.7 Å². The molecule has 1 heterocycles. The number of methoxy groups -OCH3 is 2. The predicted octanol–water partition coefficient (Wildman–Crippen LogP) is 2.27. The average Bonchev–Trinajstić information content (AvgIpc) is 2.48. The normalized spacial score (nSPS) is 19.4. The molecule has 0 unspecified atom stereocenters. The van der Waals surface area contributed by atoms with E-state index in [0.29, 0.717) is 24.3 Å². The van der Waals surface area contributed by atoms with E-state index in [1.54, 1.807) is 38.5 Å². The molecule has 0 N–H and O–H groups in total. The molecule has 1 aromatic rings.